The lowest BCUT2D eigenvalue weighted by Gasteiger charge is -2.02. The molecule has 2 rings (SSSR count). The molecule has 2 aromatic rings. The van der Waals surface area contributed by atoms with Crippen LogP contribution >= 0.6 is 0 Å². The fraction of sp³-hybridized carbons (Fsp3) is 0.100. The van der Waals surface area contributed by atoms with E-state index < -0.39 is 10.0 Å². The number of aldehydes is 1. The van der Waals surface area contributed by atoms with Crippen LogP contribution in [0.25, 0.3) is 0 Å². The fourth-order valence-electron chi connectivity index (χ4n) is 1.20. The molecule has 0 aromatic carbocycles. The molecule has 2 aromatic heterocycles. The van der Waals surface area contributed by atoms with Gasteiger partial charge in [-0.1, -0.05) is 0 Å². The van der Waals surface area contributed by atoms with Crippen LogP contribution in [0.2, 0.25) is 0 Å². The Morgan fingerprint density at radius 2 is 2.17 bits per heavy atom. The number of sulfonamides is 1. The summed E-state index contributed by atoms with van der Waals surface area (Å²) in [6.07, 6.45) is 3.26. The maximum absolute atomic E-state index is 11.8. The summed E-state index contributed by atoms with van der Waals surface area (Å²) in [7, 11) is -3.78. The van der Waals surface area contributed by atoms with Gasteiger partial charge in [-0.15, -0.1) is 0 Å². The van der Waals surface area contributed by atoms with Crippen molar-refractivity contribution in [1.29, 1.82) is 0 Å². The largest absolute Gasteiger partial charge is 0.440 e. The molecular weight excluding hydrogens is 258 g/mol. The minimum atomic E-state index is -3.78. The van der Waals surface area contributed by atoms with Crippen molar-refractivity contribution in [2.75, 3.05) is 0 Å². The smallest absolute Gasteiger partial charge is 0.274 e. The molecule has 0 saturated carbocycles. The second-order valence-corrected chi connectivity index (χ2v) is 5.00. The molecule has 0 atom stereocenters. The van der Waals surface area contributed by atoms with Gasteiger partial charge in [-0.3, -0.25) is 4.79 Å². The lowest BCUT2D eigenvalue weighted by atomic mass is 10.4. The summed E-state index contributed by atoms with van der Waals surface area (Å²) in [6, 6.07) is 4.08. The summed E-state index contributed by atoms with van der Waals surface area (Å²) in [5.41, 5.74) is 0.524. The third-order valence-corrected chi connectivity index (χ3v) is 3.34. The Labute approximate surface area is 103 Å². The number of nitrogens with one attached hydrogen (secondary N) is 1. The maximum atomic E-state index is 11.8. The Bertz CT molecular complexity index is 636. The number of furan rings is 1. The first kappa shape index (κ1) is 12.4. The molecule has 2 heterocycles. The van der Waals surface area contributed by atoms with Gasteiger partial charge in [-0.2, -0.15) is 0 Å². The van der Waals surface area contributed by atoms with Gasteiger partial charge in [0.1, 0.15) is 6.33 Å². The molecule has 0 aliphatic heterocycles. The van der Waals surface area contributed by atoms with Crippen LogP contribution in [0.4, 0.5) is 0 Å². The molecule has 0 radical (unpaired) electrons. The number of rotatable bonds is 5. The zero-order valence-electron chi connectivity index (χ0n) is 9.11. The van der Waals surface area contributed by atoms with Gasteiger partial charge in [0.2, 0.25) is 5.09 Å². The van der Waals surface area contributed by atoms with Gasteiger partial charge < -0.3 is 4.42 Å². The summed E-state index contributed by atoms with van der Waals surface area (Å²) in [6.45, 7) is 0.0158. The summed E-state index contributed by atoms with van der Waals surface area (Å²) < 4.78 is 30.7. The van der Waals surface area contributed by atoms with E-state index in [0.717, 1.165) is 0 Å². The van der Waals surface area contributed by atoms with Crippen molar-refractivity contribution >= 4 is 16.3 Å². The molecule has 8 heteroatoms. The van der Waals surface area contributed by atoms with E-state index in [1.54, 1.807) is 6.07 Å². The van der Waals surface area contributed by atoms with Crippen LogP contribution in [0.1, 0.15) is 16.2 Å². The van der Waals surface area contributed by atoms with Crippen molar-refractivity contribution in [2.24, 2.45) is 0 Å². The first-order chi connectivity index (χ1) is 8.62. The van der Waals surface area contributed by atoms with Crippen molar-refractivity contribution in [3.63, 3.8) is 0 Å². The predicted octanol–water partition coefficient (Wildman–Crippen LogP) is 0.361. The highest BCUT2D eigenvalue weighted by molar-refractivity contribution is 7.89. The van der Waals surface area contributed by atoms with Gasteiger partial charge in [0, 0.05) is 6.20 Å². The molecule has 0 fully saturated rings. The summed E-state index contributed by atoms with van der Waals surface area (Å²) in [5.74, 6) is -0.0441. The van der Waals surface area contributed by atoms with E-state index in [1.807, 2.05) is 0 Å². The Morgan fingerprint density at radius 3 is 2.78 bits per heavy atom. The van der Waals surface area contributed by atoms with Gasteiger partial charge in [-0.25, -0.2) is 23.1 Å². The van der Waals surface area contributed by atoms with Crippen molar-refractivity contribution < 1.29 is 17.6 Å². The van der Waals surface area contributed by atoms with Gasteiger partial charge in [0.15, 0.2) is 12.0 Å². The van der Waals surface area contributed by atoms with E-state index in [-0.39, 0.29) is 17.4 Å². The van der Waals surface area contributed by atoms with Crippen molar-refractivity contribution in [3.05, 3.63) is 42.2 Å². The molecule has 0 amide bonds. The Hall–Kier alpha value is -2.06. The van der Waals surface area contributed by atoms with E-state index in [0.29, 0.717) is 12.0 Å². The van der Waals surface area contributed by atoms with Crippen LogP contribution in [-0.2, 0) is 16.6 Å². The third kappa shape index (κ3) is 2.79. The van der Waals surface area contributed by atoms with Crippen molar-refractivity contribution in [1.82, 2.24) is 14.7 Å². The lowest BCUT2D eigenvalue weighted by Crippen LogP contribution is -2.23. The average molecular weight is 267 g/mol. The second kappa shape index (κ2) is 5.07. The van der Waals surface area contributed by atoms with Crippen LogP contribution in [-0.4, -0.2) is 24.7 Å². The molecule has 0 saturated heterocycles. The van der Waals surface area contributed by atoms with E-state index in [4.69, 9.17) is 4.42 Å². The van der Waals surface area contributed by atoms with Gasteiger partial charge in [0.25, 0.3) is 10.0 Å². The highest BCUT2D eigenvalue weighted by Crippen LogP contribution is 2.12. The van der Waals surface area contributed by atoms with Gasteiger partial charge in [0.05, 0.1) is 12.2 Å². The minimum absolute atomic E-state index is 0.0158. The van der Waals surface area contributed by atoms with E-state index in [2.05, 4.69) is 14.7 Å². The SMILES string of the molecule is O=Cc1ccc(S(=O)(=O)NCc2ccncn2)o1. The first-order valence-corrected chi connectivity index (χ1v) is 6.40. The third-order valence-electron chi connectivity index (χ3n) is 2.07. The molecule has 0 unspecified atom stereocenters. The molecule has 94 valence electrons. The lowest BCUT2D eigenvalue weighted by molar-refractivity contribution is 0.109. The summed E-state index contributed by atoms with van der Waals surface area (Å²) in [5, 5.41) is -0.307. The van der Waals surface area contributed by atoms with Crippen LogP contribution in [0.15, 0.2) is 40.2 Å². The molecule has 7 nitrogen and oxygen atoms in total. The molecule has 0 spiro atoms. The number of carbonyl (C=O) groups is 1. The minimum Gasteiger partial charge on any atom is -0.440 e. The maximum Gasteiger partial charge on any atom is 0.274 e. The molecule has 1 N–H and O–H groups in total. The number of hydrogen-bond acceptors (Lipinski definition) is 6. The van der Waals surface area contributed by atoms with Gasteiger partial charge in [-0.05, 0) is 18.2 Å². The van der Waals surface area contributed by atoms with Gasteiger partial charge >= 0.3 is 0 Å². The van der Waals surface area contributed by atoms with E-state index in [9.17, 15) is 13.2 Å². The monoisotopic (exact) mass is 267 g/mol. The molecule has 0 bridgehead atoms. The van der Waals surface area contributed by atoms with Crippen LogP contribution in [0, 0.1) is 0 Å². The summed E-state index contributed by atoms with van der Waals surface area (Å²) in [4.78, 5) is 18.0. The highest BCUT2D eigenvalue weighted by atomic mass is 32.2. The Balaban J connectivity index is 2.10. The van der Waals surface area contributed by atoms with E-state index >= 15 is 0 Å². The quantitative estimate of drug-likeness (QED) is 0.785. The Kier molecular flexibility index (Phi) is 3.49. The second-order valence-electron chi connectivity index (χ2n) is 3.30. The molecular formula is C10H9N3O4S. The number of aromatic nitrogens is 2. The molecule has 18 heavy (non-hydrogen) atoms. The summed E-state index contributed by atoms with van der Waals surface area (Å²) >= 11 is 0. The number of hydrogen-bond donors (Lipinski definition) is 1. The Morgan fingerprint density at radius 1 is 1.33 bits per heavy atom. The van der Waals surface area contributed by atoms with Crippen LogP contribution in [0.5, 0.6) is 0 Å². The molecule has 0 aliphatic rings. The normalized spacial score (nSPS) is 11.3. The van der Waals surface area contributed by atoms with Crippen LogP contribution in [0.3, 0.4) is 0 Å². The van der Waals surface area contributed by atoms with E-state index in [1.165, 1.54) is 24.7 Å². The number of nitrogens with zero attached hydrogens (tertiary/aromatic N) is 2. The predicted molar refractivity (Wildman–Crippen MR) is 60.2 cm³/mol. The standard InChI is InChI=1S/C10H9N3O4S/c14-6-9-1-2-10(17-9)18(15,16)13-5-8-3-4-11-7-12-8/h1-4,6-7,13H,5H2. The fourth-order valence-corrected chi connectivity index (χ4v) is 2.14. The highest BCUT2D eigenvalue weighted by Gasteiger charge is 2.18. The van der Waals surface area contributed by atoms with Crippen molar-refractivity contribution in [2.45, 2.75) is 11.6 Å². The zero-order chi connectivity index (χ0) is 13.0. The average Bonchev–Trinajstić information content (AvgIpc) is 2.87. The topological polar surface area (TPSA) is 102 Å². The first-order valence-electron chi connectivity index (χ1n) is 4.91. The zero-order valence-corrected chi connectivity index (χ0v) is 9.92. The van der Waals surface area contributed by atoms with Crippen LogP contribution < -0.4 is 4.72 Å². The number of carbonyl (C=O) groups excluding carboxylic acids is 1. The van der Waals surface area contributed by atoms with Crippen molar-refractivity contribution in [3.8, 4) is 0 Å². The molecule has 0 aliphatic carbocycles.